The zero-order chi connectivity index (χ0) is 11.4. The second-order valence-electron chi connectivity index (χ2n) is 4.31. The summed E-state index contributed by atoms with van der Waals surface area (Å²) in [6.07, 6.45) is 0. The van der Waals surface area contributed by atoms with Crippen LogP contribution in [0.5, 0.6) is 0 Å². The van der Waals surface area contributed by atoms with E-state index in [9.17, 15) is 0 Å². The van der Waals surface area contributed by atoms with Crippen molar-refractivity contribution in [2.24, 2.45) is 0 Å². The van der Waals surface area contributed by atoms with Crippen LogP contribution in [0.3, 0.4) is 0 Å². The number of likely N-dealkylation sites (N-methyl/N-ethyl adjacent to an activating group) is 1. The molecule has 0 amide bonds. The smallest absolute Gasteiger partial charge is 0.0638 e. The molecular formula is C13H20N2O. The first-order valence-electron chi connectivity index (χ1n) is 5.86. The number of aryl methyl sites for hydroxylation is 1. The summed E-state index contributed by atoms with van der Waals surface area (Å²) in [5.41, 5.74) is 2.61. The maximum Gasteiger partial charge on any atom is 0.0638 e. The van der Waals surface area contributed by atoms with Gasteiger partial charge < -0.3 is 15.4 Å². The molecule has 2 rings (SSSR count). The molecule has 1 heterocycles. The van der Waals surface area contributed by atoms with Crippen LogP contribution in [0, 0.1) is 6.92 Å². The van der Waals surface area contributed by atoms with Crippen LogP contribution in [0.2, 0.25) is 0 Å². The number of nitrogens with one attached hydrogen (secondary N) is 2. The molecule has 1 aliphatic heterocycles. The van der Waals surface area contributed by atoms with Crippen molar-refractivity contribution in [3.05, 3.63) is 35.4 Å². The van der Waals surface area contributed by atoms with Gasteiger partial charge in [0.2, 0.25) is 0 Å². The lowest BCUT2D eigenvalue weighted by Crippen LogP contribution is -2.48. The van der Waals surface area contributed by atoms with Crippen LogP contribution in [-0.4, -0.2) is 32.8 Å². The average molecular weight is 220 g/mol. The fourth-order valence-electron chi connectivity index (χ4n) is 2.17. The molecule has 0 saturated carbocycles. The van der Waals surface area contributed by atoms with Gasteiger partial charge in [-0.2, -0.15) is 0 Å². The maximum absolute atomic E-state index is 5.51. The minimum atomic E-state index is 0.320. The average Bonchev–Trinajstić information content (AvgIpc) is 2.34. The lowest BCUT2D eigenvalue weighted by molar-refractivity contribution is 0.0645. The third-order valence-electron chi connectivity index (χ3n) is 3.10. The molecule has 3 nitrogen and oxygen atoms in total. The van der Waals surface area contributed by atoms with Crippen molar-refractivity contribution in [3.8, 4) is 0 Å². The van der Waals surface area contributed by atoms with Crippen molar-refractivity contribution in [2.45, 2.75) is 19.0 Å². The van der Waals surface area contributed by atoms with Gasteiger partial charge >= 0.3 is 0 Å². The molecule has 0 aromatic heterocycles. The number of benzene rings is 1. The van der Waals surface area contributed by atoms with E-state index in [-0.39, 0.29) is 0 Å². The van der Waals surface area contributed by atoms with E-state index in [1.165, 1.54) is 11.1 Å². The molecule has 1 fully saturated rings. The van der Waals surface area contributed by atoms with Crippen LogP contribution in [0.25, 0.3) is 0 Å². The van der Waals surface area contributed by atoms with Gasteiger partial charge in [0.1, 0.15) is 0 Å². The van der Waals surface area contributed by atoms with Gasteiger partial charge in [0.25, 0.3) is 0 Å². The fraction of sp³-hybridized carbons (Fsp3) is 0.538. The maximum atomic E-state index is 5.51. The van der Waals surface area contributed by atoms with Gasteiger partial charge in [0.15, 0.2) is 0 Å². The first kappa shape index (κ1) is 11.6. The number of rotatable bonds is 3. The molecule has 3 heteroatoms. The summed E-state index contributed by atoms with van der Waals surface area (Å²) in [7, 11) is 2.00. The summed E-state index contributed by atoms with van der Waals surface area (Å²) in [6, 6.07) is 9.37. The van der Waals surface area contributed by atoms with E-state index < -0.39 is 0 Å². The standard InChI is InChI=1S/C13H20N2O/c1-10-3-5-11(6-4-10)13(14-2)12-9-16-8-7-15-12/h3-6,12-15H,7-9H2,1-2H3. The van der Waals surface area contributed by atoms with E-state index >= 15 is 0 Å². The molecule has 2 N–H and O–H groups in total. The predicted octanol–water partition coefficient (Wildman–Crippen LogP) is 1.24. The van der Waals surface area contributed by atoms with Crippen molar-refractivity contribution >= 4 is 0 Å². The Bertz CT molecular complexity index is 317. The Morgan fingerprint density at radius 3 is 2.69 bits per heavy atom. The molecule has 1 aliphatic rings. The molecule has 0 spiro atoms. The summed E-state index contributed by atoms with van der Waals surface area (Å²) >= 11 is 0. The second kappa shape index (κ2) is 5.43. The third kappa shape index (κ3) is 2.61. The molecule has 1 saturated heterocycles. The second-order valence-corrected chi connectivity index (χ2v) is 4.31. The number of hydrogen-bond acceptors (Lipinski definition) is 3. The van der Waals surface area contributed by atoms with Crippen LogP contribution in [0.4, 0.5) is 0 Å². The third-order valence-corrected chi connectivity index (χ3v) is 3.10. The fourth-order valence-corrected chi connectivity index (χ4v) is 2.17. The van der Waals surface area contributed by atoms with Crippen LogP contribution in [-0.2, 0) is 4.74 Å². The van der Waals surface area contributed by atoms with Gasteiger partial charge in [-0.3, -0.25) is 0 Å². The number of ether oxygens (including phenoxy) is 1. The van der Waals surface area contributed by atoms with Gasteiger partial charge in [0.05, 0.1) is 19.3 Å². The zero-order valence-corrected chi connectivity index (χ0v) is 9.99. The molecule has 0 radical (unpaired) electrons. The molecule has 0 aliphatic carbocycles. The monoisotopic (exact) mass is 220 g/mol. The minimum Gasteiger partial charge on any atom is -0.378 e. The normalized spacial score (nSPS) is 23.0. The predicted molar refractivity (Wildman–Crippen MR) is 65.6 cm³/mol. The van der Waals surface area contributed by atoms with Crippen molar-refractivity contribution in [1.82, 2.24) is 10.6 Å². The van der Waals surface area contributed by atoms with Gasteiger partial charge in [-0.1, -0.05) is 29.8 Å². The van der Waals surface area contributed by atoms with Gasteiger partial charge in [-0.25, -0.2) is 0 Å². The first-order chi connectivity index (χ1) is 7.81. The minimum absolute atomic E-state index is 0.320. The topological polar surface area (TPSA) is 33.3 Å². The van der Waals surface area contributed by atoms with E-state index in [0.29, 0.717) is 12.1 Å². The van der Waals surface area contributed by atoms with Crippen LogP contribution in [0.15, 0.2) is 24.3 Å². The Morgan fingerprint density at radius 2 is 2.12 bits per heavy atom. The Hall–Kier alpha value is -0.900. The van der Waals surface area contributed by atoms with Gasteiger partial charge in [-0.05, 0) is 19.5 Å². The SMILES string of the molecule is CNC(c1ccc(C)cc1)C1COCCN1. The van der Waals surface area contributed by atoms with Gasteiger partial charge in [-0.15, -0.1) is 0 Å². The van der Waals surface area contributed by atoms with E-state index in [1.54, 1.807) is 0 Å². The van der Waals surface area contributed by atoms with Crippen molar-refractivity contribution in [1.29, 1.82) is 0 Å². The number of morpholine rings is 1. The summed E-state index contributed by atoms with van der Waals surface area (Å²) < 4.78 is 5.51. The van der Waals surface area contributed by atoms with Crippen LogP contribution in [0.1, 0.15) is 17.2 Å². The molecule has 0 bridgehead atoms. The van der Waals surface area contributed by atoms with E-state index in [1.807, 2.05) is 7.05 Å². The molecule has 16 heavy (non-hydrogen) atoms. The summed E-state index contributed by atoms with van der Waals surface area (Å²) in [5, 5.41) is 6.86. The molecular weight excluding hydrogens is 200 g/mol. The summed E-state index contributed by atoms with van der Waals surface area (Å²) in [4.78, 5) is 0. The Labute approximate surface area is 97.2 Å². The Kier molecular flexibility index (Phi) is 3.93. The molecule has 2 unspecified atom stereocenters. The quantitative estimate of drug-likeness (QED) is 0.804. The Balaban J connectivity index is 2.11. The van der Waals surface area contributed by atoms with Crippen LogP contribution >= 0.6 is 0 Å². The van der Waals surface area contributed by atoms with Crippen molar-refractivity contribution < 1.29 is 4.74 Å². The van der Waals surface area contributed by atoms with Crippen molar-refractivity contribution in [3.63, 3.8) is 0 Å². The highest BCUT2D eigenvalue weighted by atomic mass is 16.5. The highest BCUT2D eigenvalue weighted by molar-refractivity contribution is 5.25. The summed E-state index contributed by atoms with van der Waals surface area (Å²) in [5.74, 6) is 0. The highest BCUT2D eigenvalue weighted by Crippen LogP contribution is 2.18. The van der Waals surface area contributed by atoms with E-state index in [4.69, 9.17) is 4.74 Å². The molecule has 88 valence electrons. The summed E-state index contributed by atoms with van der Waals surface area (Å²) in [6.45, 7) is 4.65. The highest BCUT2D eigenvalue weighted by Gasteiger charge is 2.23. The first-order valence-corrected chi connectivity index (χ1v) is 5.86. The van der Waals surface area contributed by atoms with E-state index in [2.05, 4.69) is 41.8 Å². The molecule has 2 atom stereocenters. The molecule has 1 aromatic rings. The van der Waals surface area contributed by atoms with Gasteiger partial charge in [0, 0.05) is 12.6 Å². The number of hydrogen-bond donors (Lipinski definition) is 2. The lowest BCUT2D eigenvalue weighted by atomic mass is 9.98. The lowest BCUT2D eigenvalue weighted by Gasteiger charge is -2.31. The van der Waals surface area contributed by atoms with E-state index in [0.717, 1.165) is 19.8 Å². The largest absolute Gasteiger partial charge is 0.378 e. The van der Waals surface area contributed by atoms with Crippen molar-refractivity contribution in [2.75, 3.05) is 26.8 Å². The zero-order valence-electron chi connectivity index (χ0n) is 9.99. The molecule has 1 aromatic carbocycles. The Morgan fingerprint density at radius 1 is 1.38 bits per heavy atom. The van der Waals surface area contributed by atoms with Crippen LogP contribution < -0.4 is 10.6 Å².